The minimum atomic E-state index is 0.237. The van der Waals surface area contributed by atoms with Gasteiger partial charge in [0, 0.05) is 58.7 Å². The first-order valence-corrected chi connectivity index (χ1v) is 13.0. The molecule has 2 heterocycles. The molecule has 2 saturated heterocycles. The van der Waals surface area contributed by atoms with Gasteiger partial charge >= 0.3 is 0 Å². The van der Waals surface area contributed by atoms with E-state index in [1.807, 2.05) is 16.7 Å². The quantitative estimate of drug-likeness (QED) is 0.362. The number of likely N-dealkylation sites (tertiary alicyclic amines) is 1. The third kappa shape index (κ3) is 10.3. The molecule has 6 nitrogen and oxygen atoms in total. The predicted octanol–water partition coefficient (Wildman–Crippen LogP) is 4.08. The minimum absolute atomic E-state index is 0.237. The lowest BCUT2D eigenvalue weighted by molar-refractivity contribution is -0.139. The van der Waals surface area contributed by atoms with Crippen LogP contribution in [0.1, 0.15) is 90.9 Å². The fraction of sp³-hybridized carbons (Fsp3) is 0.920. The van der Waals surface area contributed by atoms with Gasteiger partial charge in [0.2, 0.25) is 11.8 Å². The van der Waals surface area contributed by atoms with Crippen LogP contribution in [0, 0.1) is 0 Å². The van der Waals surface area contributed by atoms with Crippen LogP contribution in [0.15, 0.2) is 0 Å². The molecule has 1 atom stereocenters. The Balaban J connectivity index is 1.37. The van der Waals surface area contributed by atoms with E-state index in [-0.39, 0.29) is 11.8 Å². The molecule has 0 aliphatic carbocycles. The summed E-state index contributed by atoms with van der Waals surface area (Å²) in [6.07, 6.45) is 13.9. The van der Waals surface area contributed by atoms with Crippen LogP contribution in [0.25, 0.3) is 0 Å². The Morgan fingerprint density at radius 1 is 0.742 bits per heavy atom. The van der Waals surface area contributed by atoms with Crippen molar-refractivity contribution < 1.29 is 14.3 Å². The normalized spacial score (nSPS) is 19.9. The summed E-state index contributed by atoms with van der Waals surface area (Å²) in [5, 5.41) is 0. The topological polar surface area (TPSA) is 53.1 Å². The lowest BCUT2D eigenvalue weighted by Crippen LogP contribution is -2.50. The van der Waals surface area contributed by atoms with Crippen LogP contribution in [-0.2, 0) is 14.3 Å². The number of rotatable bonds is 15. The maximum Gasteiger partial charge on any atom is 0.222 e. The molecule has 0 spiro atoms. The first-order valence-electron chi connectivity index (χ1n) is 13.0. The summed E-state index contributed by atoms with van der Waals surface area (Å²) in [5.74, 6) is 0.511. The van der Waals surface area contributed by atoms with Gasteiger partial charge in [-0.1, -0.05) is 45.4 Å². The summed E-state index contributed by atoms with van der Waals surface area (Å²) in [6, 6.07) is 0. The summed E-state index contributed by atoms with van der Waals surface area (Å²) in [6.45, 7) is 11.3. The number of nitrogens with zero attached hydrogens (tertiary/aromatic N) is 3. The fourth-order valence-electron chi connectivity index (χ4n) is 4.78. The molecule has 0 saturated carbocycles. The third-order valence-corrected chi connectivity index (χ3v) is 6.70. The van der Waals surface area contributed by atoms with E-state index >= 15 is 0 Å². The second kappa shape index (κ2) is 15.6. The highest BCUT2D eigenvalue weighted by Gasteiger charge is 2.23. The van der Waals surface area contributed by atoms with Crippen LogP contribution < -0.4 is 0 Å². The SMILES string of the molecule is CCCC(=O)N1CCN(C(=O)CCCCCCCCCCN2CCC(OCC)C2)CC1. The molecule has 1 unspecified atom stereocenters. The van der Waals surface area contributed by atoms with Crippen molar-refractivity contribution in [2.75, 3.05) is 52.4 Å². The number of amides is 2. The molecular weight excluding hydrogens is 390 g/mol. The number of unbranched alkanes of at least 4 members (excludes halogenated alkanes) is 7. The highest BCUT2D eigenvalue weighted by Crippen LogP contribution is 2.15. The monoisotopic (exact) mass is 437 g/mol. The van der Waals surface area contributed by atoms with Crippen molar-refractivity contribution in [1.29, 1.82) is 0 Å². The third-order valence-electron chi connectivity index (χ3n) is 6.70. The van der Waals surface area contributed by atoms with Gasteiger partial charge in [-0.05, 0) is 39.2 Å². The van der Waals surface area contributed by atoms with Crippen molar-refractivity contribution in [3.8, 4) is 0 Å². The first-order chi connectivity index (χ1) is 15.1. The van der Waals surface area contributed by atoms with E-state index in [0.29, 0.717) is 45.1 Å². The number of hydrogen-bond acceptors (Lipinski definition) is 4. The van der Waals surface area contributed by atoms with E-state index in [1.54, 1.807) is 0 Å². The zero-order chi connectivity index (χ0) is 22.3. The summed E-state index contributed by atoms with van der Waals surface area (Å²) in [4.78, 5) is 30.7. The molecule has 31 heavy (non-hydrogen) atoms. The first kappa shape index (κ1) is 26.1. The van der Waals surface area contributed by atoms with Crippen LogP contribution in [0.4, 0.5) is 0 Å². The van der Waals surface area contributed by atoms with Crippen LogP contribution in [0.3, 0.4) is 0 Å². The maximum atomic E-state index is 12.4. The molecule has 2 fully saturated rings. The van der Waals surface area contributed by atoms with E-state index in [1.165, 1.54) is 58.0 Å². The minimum Gasteiger partial charge on any atom is -0.377 e. The number of ether oxygens (including phenoxy) is 1. The van der Waals surface area contributed by atoms with Gasteiger partial charge < -0.3 is 19.4 Å². The summed E-state index contributed by atoms with van der Waals surface area (Å²) >= 11 is 0. The Hall–Kier alpha value is -1.14. The second-order valence-corrected chi connectivity index (χ2v) is 9.26. The van der Waals surface area contributed by atoms with Crippen LogP contribution in [0.5, 0.6) is 0 Å². The molecule has 6 heteroatoms. The summed E-state index contributed by atoms with van der Waals surface area (Å²) in [5.41, 5.74) is 0. The zero-order valence-corrected chi connectivity index (χ0v) is 20.3. The van der Waals surface area contributed by atoms with Gasteiger partial charge in [0.25, 0.3) is 0 Å². The van der Waals surface area contributed by atoms with Crippen LogP contribution in [-0.4, -0.2) is 85.0 Å². The van der Waals surface area contributed by atoms with Crippen molar-refractivity contribution in [2.45, 2.75) is 97.0 Å². The molecular formula is C25H47N3O3. The molecule has 0 aromatic carbocycles. The number of piperazine rings is 1. The van der Waals surface area contributed by atoms with Gasteiger partial charge in [0.1, 0.15) is 0 Å². The second-order valence-electron chi connectivity index (χ2n) is 9.26. The van der Waals surface area contributed by atoms with Crippen LogP contribution >= 0.6 is 0 Å². The number of hydrogen-bond donors (Lipinski definition) is 0. The zero-order valence-electron chi connectivity index (χ0n) is 20.3. The van der Waals surface area contributed by atoms with Crippen molar-refractivity contribution in [1.82, 2.24) is 14.7 Å². The molecule has 0 N–H and O–H groups in total. The fourth-order valence-corrected chi connectivity index (χ4v) is 4.78. The Bertz CT molecular complexity index is 506. The van der Waals surface area contributed by atoms with Gasteiger partial charge in [-0.2, -0.15) is 0 Å². The van der Waals surface area contributed by atoms with Gasteiger partial charge in [-0.25, -0.2) is 0 Å². The highest BCUT2D eigenvalue weighted by atomic mass is 16.5. The van der Waals surface area contributed by atoms with E-state index < -0.39 is 0 Å². The van der Waals surface area contributed by atoms with Gasteiger partial charge in [0.05, 0.1) is 6.10 Å². The summed E-state index contributed by atoms with van der Waals surface area (Å²) < 4.78 is 5.72. The van der Waals surface area contributed by atoms with Gasteiger partial charge in [0.15, 0.2) is 0 Å². The molecule has 2 rings (SSSR count). The van der Waals surface area contributed by atoms with E-state index in [2.05, 4.69) is 11.8 Å². The predicted molar refractivity (Wildman–Crippen MR) is 126 cm³/mol. The number of carbonyl (C=O) groups is 2. The average molecular weight is 438 g/mol. The molecule has 0 aromatic rings. The lowest BCUT2D eigenvalue weighted by Gasteiger charge is -2.35. The average Bonchev–Trinajstić information content (AvgIpc) is 3.22. The molecule has 2 amide bonds. The lowest BCUT2D eigenvalue weighted by atomic mass is 10.1. The smallest absolute Gasteiger partial charge is 0.222 e. The highest BCUT2D eigenvalue weighted by molar-refractivity contribution is 5.78. The number of carbonyl (C=O) groups excluding carboxylic acids is 2. The molecule has 0 aromatic heterocycles. The molecule has 0 radical (unpaired) electrons. The molecule has 2 aliphatic heterocycles. The summed E-state index contributed by atoms with van der Waals surface area (Å²) in [7, 11) is 0. The maximum absolute atomic E-state index is 12.4. The van der Waals surface area contributed by atoms with E-state index in [4.69, 9.17) is 4.74 Å². The molecule has 2 aliphatic rings. The molecule has 0 bridgehead atoms. The van der Waals surface area contributed by atoms with Crippen molar-refractivity contribution in [3.05, 3.63) is 0 Å². The Morgan fingerprint density at radius 3 is 1.87 bits per heavy atom. The molecule has 180 valence electrons. The van der Waals surface area contributed by atoms with E-state index in [9.17, 15) is 9.59 Å². The van der Waals surface area contributed by atoms with Crippen molar-refractivity contribution >= 4 is 11.8 Å². The Morgan fingerprint density at radius 2 is 1.29 bits per heavy atom. The van der Waals surface area contributed by atoms with Gasteiger partial charge in [-0.3, -0.25) is 9.59 Å². The van der Waals surface area contributed by atoms with Crippen molar-refractivity contribution in [2.24, 2.45) is 0 Å². The van der Waals surface area contributed by atoms with Crippen molar-refractivity contribution in [3.63, 3.8) is 0 Å². The van der Waals surface area contributed by atoms with Gasteiger partial charge in [-0.15, -0.1) is 0 Å². The largest absolute Gasteiger partial charge is 0.377 e. The van der Waals surface area contributed by atoms with Crippen LogP contribution in [0.2, 0.25) is 0 Å². The standard InChI is InChI=1S/C25H47N3O3/c1-3-13-24(29)27-18-20-28(21-19-27)25(30)14-11-9-7-5-6-8-10-12-16-26-17-15-23(22-26)31-4-2/h23H,3-22H2,1-2H3. The Labute approximate surface area is 190 Å². The Kier molecular flexibility index (Phi) is 13.2. The van der Waals surface area contributed by atoms with E-state index in [0.717, 1.165) is 32.4 Å².